The van der Waals surface area contributed by atoms with Crippen LogP contribution in [0.15, 0.2) is 18.2 Å². The Morgan fingerprint density at radius 3 is 2.57 bits per heavy atom. The number of aliphatic hydroxyl groups is 1. The minimum absolute atomic E-state index is 0.134. The van der Waals surface area contributed by atoms with Crippen LogP contribution in [0.5, 0.6) is 0 Å². The Morgan fingerprint density at radius 2 is 2.10 bits per heavy atom. The summed E-state index contributed by atoms with van der Waals surface area (Å²) < 4.78 is 37.2. The van der Waals surface area contributed by atoms with Crippen LogP contribution in [0.2, 0.25) is 0 Å². The number of aliphatic hydroxyl groups excluding tert-OH is 1. The number of hydrogen-bond donors (Lipinski definition) is 2. The molecule has 0 amide bonds. The average molecular weight is 307 g/mol. The van der Waals surface area contributed by atoms with Crippen LogP contribution >= 0.6 is 0 Å². The number of nitro benzene ring substituents is 1. The molecule has 0 unspecified atom stereocenters. The summed E-state index contributed by atoms with van der Waals surface area (Å²) in [7, 11) is 1.52. The van der Waals surface area contributed by atoms with Crippen LogP contribution in [0.1, 0.15) is 5.56 Å². The number of alkyl halides is 3. The molecule has 118 valence electrons. The number of rotatable bonds is 7. The highest BCUT2D eigenvalue weighted by molar-refractivity contribution is 5.62. The molecule has 0 bridgehead atoms. The fourth-order valence-electron chi connectivity index (χ4n) is 1.91. The summed E-state index contributed by atoms with van der Waals surface area (Å²) in [6.07, 6.45) is -4.40. The quantitative estimate of drug-likeness (QED) is 0.595. The minimum atomic E-state index is -4.40. The van der Waals surface area contributed by atoms with Crippen molar-refractivity contribution >= 4 is 11.4 Å². The van der Waals surface area contributed by atoms with Crippen molar-refractivity contribution in [2.75, 3.05) is 32.1 Å². The maximum Gasteiger partial charge on any atom is 0.401 e. The number of halogens is 3. The molecule has 6 nitrogen and oxygen atoms in total. The van der Waals surface area contributed by atoms with E-state index in [4.69, 9.17) is 5.11 Å². The molecule has 0 aliphatic heterocycles. The highest BCUT2D eigenvalue weighted by Crippen LogP contribution is 2.26. The Labute approximate surface area is 119 Å². The fourth-order valence-corrected chi connectivity index (χ4v) is 1.91. The summed E-state index contributed by atoms with van der Waals surface area (Å²) in [4.78, 5) is 11.3. The number of nitrogens with zero attached hydrogens (tertiary/aromatic N) is 2. The van der Waals surface area contributed by atoms with Gasteiger partial charge in [0.1, 0.15) is 5.69 Å². The highest BCUT2D eigenvalue weighted by Gasteiger charge is 2.30. The molecule has 0 heterocycles. The van der Waals surface area contributed by atoms with E-state index >= 15 is 0 Å². The third kappa shape index (κ3) is 5.56. The largest absolute Gasteiger partial charge is 0.401 e. The maximum atomic E-state index is 12.4. The van der Waals surface area contributed by atoms with Gasteiger partial charge in [-0.15, -0.1) is 0 Å². The number of hydrogen-bond acceptors (Lipinski definition) is 5. The normalized spacial score (nSPS) is 11.7. The van der Waals surface area contributed by atoms with Gasteiger partial charge in [0, 0.05) is 26.2 Å². The molecule has 0 aromatic heterocycles. The molecule has 0 spiro atoms. The van der Waals surface area contributed by atoms with Gasteiger partial charge in [0.2, 0.25) is 0 Å². The molecule has 0 aliphatic rings. The van der Waals surface area contributed by atoms with Crippen molar-refractivity contribution in [3.8, 4) is 0 Å². The first-order valence-electron chi connectivity index (χ1n) is 6.12. The van der Waals surface area contributed by atoms with Gasteiger partial charge < -0.3 is 10.4 Å². The van der Waals surface area contributed by atoms with E-state index in [0.717, 1.165) is 4.90 Å². The van der Waals surface area contributed by atoms with E-state index in [1.807, 2.05) is 0 Å². The summed E-state index contributed by atoms with van der Waals surface area (Å²) in [5, 5.41) is 22.4. The lowest BCUT2D eigenvalue weighted by Gasteiger charge is -2.22. The van der Waals surface area contributed by atoms with Crippen molar-refractivity contribution in [3.63, 3.8) is 0 Å². The number of benzene rings is 1. The summed E-state index contributed by atoms with van der Waals surface area (Å²) >= 11 is 0. The molecule has 0 radical (unpaired) electrons. The molecule has 0 fully saturated rings. The monoisotopic (exact) mass is 307 g/mol. The van der Waals surface area contributed by atoms with Crippen LogP contribution in [-0.2, 0) is 6.54 Å². The number of nitrogens with one attached hydrogen (secondary N) is 1. The topological polar surface area (TPSA) is 78.6 Å². The summed E-state index contributed by atoms with van der Waals surface area (Å²) in [5.41, 5.74) is 0.456. The standard InChI is InChI=1S/C12H16F3N3O3/c1-16-10-3-2-9(6-11(10)18(20)21)7-17(4-5-19)8-12(13,14)15/h2-3,6,16,19H,4-5,7-8H2,1H3. The fraction of sp³-hybridized carbons (Fsp3) is 0.500. The van der Waals surface area contributed by atoms with Crippen LogP contribution in [0.3, 0.4) is 0 Å². The highest BCUT2D eigenvalue weighted by atomic mass is 19.4. The SMILES string of the molecule is CNc1ccc(CN(CCO)CC(F)(F)F)cc1[N+](=O)[O-]. The molecule has 2 N–H and O–H groups in total. The van der Waals surface area contributed by atoms with Crippen molar-refractivity contribution in [1.82, 2.24) is 4.90 Å². The second-order valence-corrected chi connectivity index (χ2v) is 4.41. The smallest absolute Gasteiger partial charge is 0.395 e. The van der Waals surface area contributed by atoms with E-state index in [9.17, 15) is 23.3 Å². The summed E-state index contributed by atoms with van der Waals surface area (Å²) in [5.74, 6) is 0. The second kappa shape index (κ2) is 7.23. The molecular weight excluding hydrogens is 291 g/mol. The molecule has 0 atom stereocenters. The van der Waals surface area contributed by atoms with Gasteiger partial charge in [-0.2, -0.15) is 13.2 Å². The first-order valence-corrected chi connectivity index (χ1v) is 6.12. The second-order valence-electron chi connectivity index (χ2n) is 4.41. The zero-order chi connectivity index (χ0) is 16.0. The first kappa shape index (κ1) is 17.2. The summed E-state index contributed by atoms with van der Waals surface area (Å²) in [6, 6.07) is 4.18. The van der Waals surface area contributed by atoms with Crippen LogP contribution in [0, 0.1) is 10.1 Å². The van der Waals surface area contributed by atoms with Crippen molar-refractivity contribution in [1.29, 1.82) is 0 Å². The van der Waals surface area contributed by atoms with Gasteiger partial charge in [0.25, 0.3) is 5.69 Å². The van der Waals surface area contributed by atoms with Gasteiger partial charge in [-0.05, 0) is 11.6 Å². The van der Waals surface area contributed by atoms with E-state index < -0.39 is 24.3 Å². The molecule has 0 saturated carbocycles. The molecule has 21 heavy (non-hydrogen) atoms. The lowest BCUT2D eigenvalue weighted by Crippen LogP contribution is -2.35. The van der Waals surface area contributed by atoms with E-state index in [1.54, 1.807) is 0 Å². The Morgan fingerprint density at radius 1 is 1.43 bits per heavy atom. The molecule has 1 aromatic rings. The van der Waals surface area contributed by atoms with Gasteiger partial charge in [0.05, 0.1) is 18.1 Å². The van der Waals surface area contributed by atoms with Crippen molar-refractivity contribution < 1.29 is 23.2 Å². The Bertz CT molecular complexity index is 494. The predicted molar refractivity (Wildman–Crippen MR) is 71.1 cm³/mol. The third-order valence-corrected chi connectivity index (χ3v) is 2.75. The number of nitro groups is 1. The van der Waals surface area contributed by atoms with E-state index in [0.29, 0.717) is 5.56 Å². The number of anilines is 1. The van der Waals surface area contributed by atoms with Crippen LogP contribution < -0.4 is 5.32 Å². The van der Waals surface area contributed by atoms with Gasteiger partial charge >= 0.3 is 6.18 Å². The zero-order valence-corrected chi connectivity index (χ0v) is 11.4. The molecule has 1 rings (SSSR count). The molecule has 0 aliphatic carbocycles. The maximum absolute atomic E-state index is 12.4. The predicted octanol–water partition coefficient (Wildman–Crippen LogP) is 1.99. The summed E-state index contributed by atoms with van der Waals surface area (Å²) in [6.45, 7) is -1.91. The van der Waals surface area contributed by atoms with E-state index in [1.165, 1.54) is 25.2 Å². The Balaban J connectivity index is 2.93. The minimum Gasteiger partial charge on any atom is -0.395 e. The third-order valence-electron chi connectivity index (χ3n) is 2.75. The van der Waals surface area contributed by atoms with Crippen LogP contribution in [-0.4, -0.2) is 47.9 Å². The van der Waals surface area contributed by atoms with Gasteiger partial charge in [-0.3, -0.25) is 15.0 Å². The van der Waals surface area contributed by atoms with Gasteiger partial charge in [0.15, 0.2) is 0 Å². The lowest BCUT2D eigenvalue weighted by molar-refractivity contribution is -0.384. The van der Waals surface area contributed by atoms with E-state index in [2.05, 4.69) is 5.32 Å². The Hall–Kier alpha value is -1.87. The molecular formula is C12H16F3N3O3. The molecule has 0 saturated heterocycles. The molecule has 1 aromatic carbocycles. The van der Waals surface area contributed by atoms with Crippen molar-refractivity contribution in [2.24, 2.45) is 0 Å². The first-order chi connectivity index (χ1) is 9.76. The van der Waals surface area contributed by atoms with Crippen LogP contribution in [0.4, 0.5) is 24.5 Å². The van der Waals surface area contributed by atoms with Crippen LogP contribution in [0.25, 0.3) is 0 Å². The van der Waals surface area contributed by atoms with E-state index in [-0.39, 0.29) is 24.5 Å². The van der Waals surface area contributed by atoms with Crippen molar-refractivity contribution in [2.45, 2.75) is 12.7 Å². The van der Waals surface area contributed by atoms with Crippen molar-refractivity contribution in [3.05, 3.63) is 33.9 Å². The molecule has 9 heteroatoms. The van der Waals surface area contributed by atoms with Gasteiger partial charge in [-0.1, -0.05) is 6.07 Å². The Kier molecular flexibility index (Phi) is 5.91. The zero-order valence-electron chi connectivity index (χ0n) is 11.4. The lowest BCUT2D eigenvalue weighted by atomic mass is 10.1. The average Bonchev–Trinajstić information content (AvgIpc) is 2.37. The van der Waals surface area contributed by atoms with Gasteiger partial charge in [-0.25, -0.2) is 0 Å².